The zero-order valence-corrected chi connectivity index (χ0v) is 13.4. The highest BCUT2D eigenvalue weighted by molar-refractivity contribution is 9.10. The van der Waals surface area contributed by atoms with Crippen molar-refractivity contribution >= 4 is 33.3 Å². The largest absolute Gasteiger partial charge is 0.383 e. The lowest BCUT2D eigenvalue weighted by Crippen LogP contribution is -2.06. The van der Waals surface area contributed by atoms with Crippen LogP contribution in [0.1, 0.15) is 31.0 Å². The van der Waals surface area contributed by atoms with Gasteiger partial charge in [-0.2, -0.15) is 0 Å². The van der Waals surface area contributed by atoms with E-state index in [1.165, 1.54) is 0 Å². The summed E-state index contributed by atoms with van der Waals surface area (Å²) in [6, 6.07) is 5.62. The standard InChI is InChI=1S/C14H15BrClN3/c1-7(2)12-8(3)18-14(19-13(12)17)10-5-4-9(15)6-11(10)16/h4-7H,1-3H3,(H2,17,18,19). The molecular formula is C14H15BrClN3. The van der Waals surface area contributed by atoms with Crippen molar-refractivity contribution < 1.29 is 0 Å². The number of halogens is 2. The van der Waals surface area contributed by atoms with Crippen molar-refractivity contribution in [2.24, 2.45) is 0 Å². The van der Waals surface area contributed by atoms with Crippen LogP contribution in [0.2, 0.25) is 5.02 Å². The first-order valence-electron chi connectivity index (χ1n) is 5.99. The summed E-state index contributed by atoms with van der Waals surface area (Å²) in [7, 11) is 0. The lowest BCUT2D eigenvalue weighted by Gasteiger charge is -2.13. The maximum Gasteiger partial charge on any atom is 0.163 e. The number of aromatic nitrogens is 2. The van der Waals surface area contributed by atoms with Crippen molar-refractivity contribution in [1.29, 1.82) is 0 Å². The van der Waals surface area contributed by atoms with E-state index in [-0.39, 0.29) is 0 Å². The van der Waals surface area contributed by atoms with Crippen LogP contribution in [-0.2, 0) is 0 Å². The average Bonchev–Trinajstić information content (AvgIpc) is 2.26. The summed E-state index contributed by atoms with van der Waals surface area (Å²) in [6.45, 7) is 6.10. The molecule has 3 nitrogen and oxygen atoms in total. The number of nitrogens with zero attached hydrogens (tertiary/aromatic N) is 2. The number of benzene rings is 1. The van der Waals surface area contributed by atoms with Crippen LogP contribution in [0, 0.1) is 6.92 Å². The van der Waals surface area contributed by atoms with Crippen LogP contribution in [-0.4, -0.2) is 9.97 Å². The maximum absolute atomic E-state index is 6.22. The second kappa shape index (κ2) is 5.47. The van der Waals surface area contributed by atoms with E-state index in [2.05, 4.69) is 39.7 Å². The summed E-state index contributed by atoms with van der Waals surface area (Å²) in [5.41, 5.74) is 8.72. The van der Waals surface area contributed by atoms with Crippen LogP contribution < -0.4 is 5.73 Å². The molecule has 0 saturated heterocycles. The maximum atomic E-state index is 6.22. The van der Waals surface area contributed by atoms with Crippen molar-refractivity contribution in [1.82, 2.24) is 9.97 Å². The minimum absolute atomic E-state index is 0.300. The van der Waals surface area contributed by atoms with E-state index in [1.54, 1.807) is 0 Å². The molecule has 2 rings (SSSR count). The van der Waals surface area contributed by atoms with Gasteiger partial charge in [-0.05, 0) is 31.0 Å². The van der Waals surface area contributed by atoms with Crippen LogP contribution in [0.3, 0.4) is 0 Å². The summed E-state index contributed by atoms with van der Waals surface area (Å²) >= 11 is 9.60. The lowest BCUT2D eigenvalue weighted by molar-refractivity contribution is 0.836. The van der Waals surface area contributed by atoms with Gasteiger partial charge in [0.15, 0.2) is 5.82 Å². The van der Waals surface area contributed by atoms with Crippen LogP contribution in [0.4, 0.5) is 5.82 Å². The normalized spacial score (nSPS) is 11.1. The van der Waals surface area contributed by atoms with E-state index >= 15 is 0 Å². The molecule has 0 aliphatic rings. The molecule has 19 heavy (non-hydrogen) atoms. The molecule has 0 spiro atoms. The van der Waals surface area contributed by atoms with Crippen molar-refractivity contribution in [2.75, 3.05) is 5.73 Å². The van der Waals surface area contributed by atoms with Gasteiger partial charge >= 0.3 is 0 Å². The van der Waals surface area contributed by atoms with Gasteiger partial charge in [0.2, 0.25) is 0 Å². The molecule has 2 N–H and O–H groups in total. The van der Waals surface area contributed by atoms with Gasteiger partial charge < -0.3 is 5.73 Å². The SMILES string of the molecule is Cc1nc(-c2ccc(Br)cc2Cl)nc(N)c1C(C)C. The molecule has 0 bridgehead atoms. The zero-order valence-electron chi connectivity index (χ0n) is 11.0. The third kappa shape index (κ3) is 2.90. The van der Waals surface area contributed by atoms with E-state index in [4.69, 9.17) is 17.3 Å². The predicted molar refractivity (Wildman–Crippen MR) is 83.4 cm³/mol. The van der Waals surface area contributed by atoms with Gasteiger partial charge in [0.25, 0.3) is 0 Å². The summed E-state index contributed by atoms with van der Waals surface area (Å²) in [4.78, 5) is 8.91. The van der Waals surface area contributed by atoms with E-state index in [9.17, 15) is 0 Å². The zero-order chi connectivity index (χ0) is 14.2. The Kier molecular flexibility index (Phi) is 4.11. The molecule has 0 unspecified atom stereocenters. The highest BCUT2D eigenvalue weighted by Gasteiger charge is 2.15. The number of hydrogen-bond donors (Lipinski definition) is 1. The number of aryl methyl sites for hydroxylation is 1. The summed E-state index contributed by atoms with van der Waals surface area (Å²) in [5.74, 6) is 1.39. The number of nitrogen functional groups attached to an aromatic ring is 1. The minimum atomic E-state index is 0.300. The van der Waals surface area contributed by atoms with Gasteiger partial charge in [0.05, 0.1) is 5.02 Å². The topological polar surface area (TPSA) is 51.8 Å². The monoisotopic (exact) mass is 339 g/mol. The van der Waals surface area contributed by atoms with Crippen molar-refractivity contribution in [3.05, 3.63) is 39.0 Å². The third-order valence-electron chi connectivity index (χ3n) is 2.92. The molecule has 1 heterocycles. The van der Waals surface area contributed by atoms with E-state index in [0.717, 1.165) is 21.3 Å². The molecule has 2 aromatic rings. The van der Waals surface area contributed by atoms with Crippen LogP contribution in [0.15, 0.2) is 22.7 Å². The van der Waals surface area contributed by atoms with E-state index < -0.39 is 0 Å². The highest BCUT2D eigenvalue weighted by atomic mass is 79.9. The molecule has 0 aliphatic heterocycles. The average molecular weight is 341 g/mol. The molecule has 0 atom stereocenters. The van der Waals surface area contributed by atoms with Gasteiger partial charge in [-0.25, -0.2) is 9.97 Å². The molecule has 1 aromatic heterocycles. The van der Waals surface area contributed by atoms with E-state index in [1.807, 2.05) is 25.1 Å². The highest BCUT2D eigenvalue weighted by Crippen LogP contribution is 2.31. The Morgan fingerprint density at radius 1 is 1.26 bits per heavy atom. The number of rotatable bonds is 2. The summed E-state index contributed by atoms with van der Waals surface area (Å²) in [5, 5.41) is 0.602. The number of nitrogens with two attached hydrogens (primary N) is 1. The number of hydrogen-bond acceptors (Lipinski definition) is 3. The Morgan fingerprint density at radius 3 is 2.47 bits per heavy atom. The van der Waals surface area contributed by atoms with Crippen LogP contribution in [0.5, 0.6) is 0 Å². The smallest absolute Gasteiger partial charge is 0.163 e. The fourth-order valence-electron chi connectivity index (χ4n) is 2.11. The molecule has 1 aromatic carbocycles. The molecule has 0 saturated carbocycles. The molecule has 100 valence electrons. The quantitative estimate of drug-likeness (QED) is 0.871. The first-order chi connectivity index (χ1) is 8.90. The molecule has 0 radical (unpaired) electrons. The molecular weight excluding hydrogens is 326 g/mol. The Hall–Kier alpha value is -1.13. The molecule has 0 amide bonds. The summed E-state index contributed by atoms with van der Waals surface area (Å²) < 4.78 is 0.921. The van der Waals surface area contributed by atoms with E-state index in [0.29, 0.717) is 22.6 Å². The molecule has 0 fully saturated rings. The summed E-state index contributed by atoms with van der Waals surface area (Å²) in [6.07, 6.45) is 0. The lowest BCUT2D eigenvalue weighted by atomic mass is 10.0. The fourth-order valence-corrected chi connectivity index (χ4v) is 2.87. The van der Waals surface area contributed by atoms with Crippen molar-refractivity contribution in [2.45, 2.75) is 26.7 Å². The molecule has 5 heteroatoms. The van der Waals surface area contributed by atoms with Gasteiger partial charge in [0, 0.05) is 21.3 Å². The second-order valence-electron chi connectivity index (χ2n) is 4.71. The second-order valence-corrected chi connectivity index (χ2v) is 6.03. The molecule has 0 aliphatic carbocycles. The van der Waals surface area contributed by atoms with Gasteiger partial charge in [0.1, 0.15) is 5.82 Å². The predicted octanol–water partition coefficient (Wildman–Crippen LogP) is 4.57. The van der Waals surface area contributed by atoms with Crippen molar-refractivity contribution in [3.8, 4) is 11.4 Å². The van der Waals surface area contributed by atoms with Crippen molar-refractivity contribution in [3.63, 3.8) is 0 Å². The van der Waals surface area contributed by atoms with Gasteiger partial charge in [-0.1, -0.05) is 41.4 Å². The Bertz CT molecular complexity index is 603. The minimum Gasteiger partial charge on any atom is -0.383 e. The number of anilines is 1. The first kappa shape index (κ1) is 14.3. The fraction of sp³-hybridized carbons (Fsp3) is 0.286. The Balaban J connectivity index is 2.58. The Labute approximate surface area is 126 Å². The Morgan fingerprint density at radius 2 is 1.95 bits per heavy atom. The van der Waals surface area contributed by atoms with Crippen LogP contribution >= 0.6 is 27.5 Å². The van der Waals surface area contributed by atoms with Gasteiger partial charge in [-0.3, -0.25) is 0 Å². The van der Waals surface area contributed by atoms with Crippen LogP contribution in [0.25, 0.3) is 11.4 Å². The first-order valence-corrected chi connectivity index (χ1v) is 7.16. The third-order valence-corrected chi connectivity index (χ3v) is 3.72. The van der Waals surface area contributed by atoms with Gasteiger partial charge in [-0.15, -0.1) is 0 Å².